The minimum atomic E-state index is -1.48. The Kier molecular flexibility index (Phi) is 4.09. The van der Waals surface area contributed by atoms with Gasteiger partial charge in [0.25, 0.3) is 11.8 Å². The van der Waals surface area contributed by atoms with E-state index in [1.165, 1.54) is 35.3 Å². The third-order valence-corrected chi connectivity index (χ3v) is 5.37. The second kappa shape index (κ2) is 6.21. The van der Waals surface area contributed by atoms with E-state index in [1.807, 2.05) is 0 Å². The Morgan fingerprint density at radius 2 is 1.96 bits per heavy atom. The number of fused-ring (bicyclic) bond motifs is 3. The van der Waals surface area contributed by atoms with E-state index in [2.05, 4.69) is 10.3 Å². The fraction of sp³-hybridized carbons (Fsp3) is 0.222. The van der Waals surface area contributed by atoms with Crippen molar-refractivity contribution < 1.29 is 14.4 Å². The first-order valence-corrected chi connectivity index (χ1v) is 8.93. The fourth-order valence-corrected chi connectivity index (χ4v) is 4.00. The molecule has 27 heavy (non-hydrogen) atoms. The second-order valence-electron chi connectivity index (χ2n) is 6.42. The topological polar surface area (TPSA) is 82.6 Å². The van der Waals surface area contributed by atoms with E-state index >= 15 is 0 Å². The van der Waals surface area contributed by atoms with Gasteiger partial charge in [0.05, 0.1) is 28.2 Å². The summed E-state index contributed by atoms with van der Waals surface area (Å²) >= 11 is 12.0. The molecule has 1 saturated heterocycles. The molecule has 0 spiro atoms. The van der Waals surface area contributed by atoms with Crippen LogP contribution in [0.5, 0.6) is 0 Å². The smallest absolute Gasteiger partial charge is 0.271 e. The summed E-state index contributed by atoms with van der Waals surface area (Å²) < 4.78 is 0. The number of carbonyl (C=O) groups excluding carboxylic acids is 3. The normalized spacial score (nSPS) is 21.1. The summed E-state index contributed by atoms with van der Waals surface area (Å²) in [4.78, 5) is 45.5. The van der Waals surface area contributed by atoms with Crippen LogP contribution in [0, 0.1) is 0 Å². The largest absolute Gasteiger partial charge is 0.321 e. The van der Waals surface area contributed by atoms with Gasteiger partial charge in [-0.2, -0.15) is 0 Å². The van der Waals surface area contributed by atoms with Crippen molar-refractivity contribution in [3.05, 3.63) is 52.3 Å². The predicted molar refractivity (Wildman–Crippen MR) is 101 cm³/mol. The number of amides is 3. The van der Waals surface area contributed by atoms with Crippen molar-refractivity contribution >= 4 is 52.3 Å². The van der Waals surface area contributed by atoms with E-state index in [-0.39, 0.29) is 24.7 Å². The highest BCUT2D eigenvalue weighted by Gasteiger charge is 2.59. The lowest BCUT2D eigenvalue weighted by atomic mass is 9.96. The average molecular weight is 405 g/mol. The number of halogens is 2. The van der Waals surface area contributed by atoms with Crippen molar-refractivity contribution in [1.29, 1.82) is 0 Å². The summed E-state index contributed by atoms with van der Waals surface area (Å²) in [5.74, 6) is -1.12. The molecule has 1 atom stereocenters. The molecule has 2 aliphatic rings. The van der Waals surface area contributed by atoms with Gasteiger partial charge in [0.1, 0.15) is 0 Å². The minimum absolute atomic E-state index is 0.130. The molecule has 1 aromatic heterocycles. The fourth-order valence-electron chi connectivity index (χ4n) is 3.66. The number of aromatic nitrogens is 1. The highest BCUT2D eigenvalue weighted by Crippen LogP contribution is 2.45. The molecule has 9 heteroatoms. The molecule has 1 fully saturated rings. The number of benzene rings is 1. The van der Waals surface area contributed by atoms with Gasteiger partial charge in [-0.3, -0.25) is 24.3 Å². The van der Waals surface area contributed by atoms with Gasteiger partial charge < -0.3 is 10.2 Å². The van der Waals surface area contributed by atoms with E-state index in [9.17, 15) is 14.4 Å². The number of hydrogen-bond acceptors (Lipinski definition) is 4. The molecule has 4 rings (SSSR count). The molecule has 0 aliphatic carbocycles. The Morgan fingerprint density at radius 3 is 2.70 bits per heavy atom. The lowest BCUT2D eigenvalue weighted by Crippen LogP contribution is -2.68. The molecule has 3 heterocycles. The molecule has 0 bridgehead atoms. The van der Waals surface area contributed by atoms with Crippen LogP contribution >= 0.6 is 23.2 Å². The molecule has 0 saturated carbocycles. The van der Waals surface area contributed by atoms with Crippen LogP contribution in [0.15, 0.2) is 36.7 Å². The average Bonchev–Trinajstić information content (AvgIpc) is 2.98. The van der Waals surface area contributed by atoms with Crippen LogP contribution in [0.2, 0.25) is 10.0 Å². The number of carbonyl (C=O) groups is 3. The van der Waals surface area contributed by atoms with Crippen LogP contribution in [-0.4, -0.2) is 40.3 Å². The molecular weight excluding hydrogens is 391 g/mol. The monoisotopic (exact) mass is 404 g/mol. The number of anilines is 2. The maximum atomic E-state index is 13.3. The second-order valence-corrected chi connectivity index (χ2v) is 7.29. The summed E-state index contributed by atoms with van der Waals surface area (Å²) in [5.41, 5.74) is -0.440. The Hall–Kier alpha value is -2.64. The number of likely N-dealkylation sites (N-methyl/N-ethyl adjacent to an activating group) is 1. The van der Waals surface area contributed by atoms with E-state index in [4.69, 9.17) is 23.2 Å². The van der Waals surface area contributed by atoms with Gasteiger partial charge in [-0.15, -0.1) is 0 Å². The first-order chi connectivity index (χ1) is 12.8. The number of nitrogens with one attached hydrogen (secondary N) is 1. The van der Waals surface area contributed by atoms with Gasteiger partial charge in [-0.25, -0.2) is 0 Å². The first-order valence-electron chi connectivity index (χ1n) is 8.17. The van der Waals surface area contributed by atoms with E-state index in [1.54, 1.807) is 18.2 Å². The highest BCUT2D eigenvalue weighted by molar-refractivity contribution is 6.32. The third-order valence-electron chi connectivity index (χ3n) is 4.92. The van der Waals surface area contributed by atoms with Crippen molar-refractivity contribution in [2.24, 2.45) is 0 Å². The van der Waals surface area contributed by atoms with Crippen LogP contribution in [-0.2, 0) is 9.59 Å². The van der Waals surface area contributed by atoms with Crippen molar-refractivity contribution in [3.8, 4) is 0 Å². The van der Waals surface area contributed by atoms with Crippen LogP contribution in [0.3, 0.4) is 0 Å². The predicted octanol–water partition coefficient (Wildman–Crippen LogP) is 2.94. The van der Waals surface area contributed by atoms with Crippen molar-refractivity contribution in [2.75, 3.05) is 17.3 Å². The Labute approximate surface area is 164 Å². The zero-order chi connectivity index (χ0) is 19.3. The zero-order valence-corrected chi connectivity index (χ0v) is 15.7. The summed E-state index contributed by atoms with van der Waals surface area (Å²) in [7, 11) is 1.52. The van der Waals surface area contributed by atoms with Crippen molar-refractivity contribution in [2.45, 2.75) is 18.5 Å². The first kappa shape index (κ1) is 17.8. The number of rotatable bonds is 2. The Bertz CT molecular complexity index is 996. The maximum absolute atomic E-state index is 13.3. The molecule has 1 N–H and O–H groups in total. The minimum Gasteiger partial charge on any atom is -0.321 e. The summed E-state index contributed by atoms with van der Waals surface area (Å²) in [6.45, 7) is 0. The number of nitrogens with zero attached hydrogens (tertiary/aromatic N) is 3. The molecule has 2 aromatic rings. The van der Waals surface area contributed by atoms with Crippen LogP contribution in [0.4, 0.5) is 11.4 Å². The van der Waals surface area contributed by atoms with Gasteiger partial charge in [0.15, 0.2) is 0 Å². The van der Waals surface area contributed by atoms with Gasteiger partial charge in [-0.1, -0.05) is 23.2 Å². The molecule has 2 aliphatic heterocycles. The quantitative estimate of drug-likeness (QED) is 0.833. The summed E-state index contributed by atoms with van der Waals surface area (Å²) in [6, 6.07) is 6.22. The van der Waals surface area contributed by atoms with E-state index < -0.39 is 11.6 Å². The SMILES string of the molecule is CN1C(=O)c2ccc(Cl)cc2N2C(=O)CC[C@]12C(=O)Nc1cncc(Cl)c1. The summed E-state index contributed by atoms with van der Waals surface area (Å²) in [6.07, 6.45) is 3.18. The number of hydrogen-bond donors (Lipinski definition) is 1. The van der Waals surface area contributed by atoms with Crippen LogP contribution in [0.1, 0.15) is 23.2 Å². The lowest BCUT2D eigenvalue weighted by molar-refractivity contribution is -0.128. The van der Waals surface area contributed by atoms with E-state index in [0.29, 0.717) is 27.0 Å². The summed E-state index contributed by atoms with van der Waals surface area (Å²) in [5, 5.41) is 3.46. The van der Waals surface area contributed by atoms with Gasteiger partial charge >= 0.3 is 0 Å². The lowest BCUT2D eigenvalue weighted by Gasteiger charge is -2.47. The van der Waals surface area contributed by atoms with Crippen molar-refractivity contribution in [1.82, 2.24) is 9.88 Å². The Morgan fingerprint density at radius 1 is 1.19 bits per heavy atom. The molecule has 138 valence electrons. The maximum Gasteiger partial charge on any atom is 0.271 e. The van der Waals surface area contributed by atoms with Gasteiger partial charge in [-0.05, 0) is 24.3 Å². The molecule has 1 aromatic carbocycles. The number of pyridine rings is 1. The molecule has 3 amide bonds. The Balaban J connectivity index is 1.83. The van der Waals surface area contributed by atoms with Gasteiger partial charge in [0, 0.05) is 31.1 Å². The molecule has 7 nitrogen and oxygen atoms in total. The standard InChI is InChI=1S/C18H14Cl2N4O3/c1-23-16(26)13-3-2-10(19)7-14(13)24-15(25)4-5-18(23,24)17(27)22-12-6-11(20)8-21-9-12/h2-3,6-9H,4-5H2,1H3,(H,22,27)/t18-/m0/s1. The molecular formula is C18H14Cl2N4O3. The van der Waals surface area contributed by atoms with Crippen LogP contribution in [0.25, 0.3) is 0 Å². The molecule has 0 unspecified atom stereocenters. The van der Waals surface area contributed by atoms with E-state index in [0.717, 1.165) is 0 Å². The van der Waals surface area contributed by atoms with Gasteiger partial charge in [0.2, 0.25) is 11.6 Å². The highest BCUT2D eigenvalue weighted by atomic mass is 35.5. The zero-order valence-electron chi connectivity index (χ0n) is 14.2. The third kappa shape index (κ3) is 2.57. The molecule has 0 radical (unpaired) electrons. The van der Waals surface area contributed by atoms with Crippen molar-refractivity contribution in [3.63, 3.8) is 0 Å². The van der Waals surface area contributed by atoms with Crippen LogP contribution < -0.4 is 10.2 Å².